The molecule has 0 aliphatic carbocycles. The maximum atomic E-state index is 6.23. The molecule has 1 aromatic carbocycles. The Kier molecular flexibility index (Phi) is 5.88. The van der Waals surface area contributed by atoms with Crippen molar-refractivity contribution in [1.29, 1.82) is 0 Å². The van der Waals surface area contributed by atoms with Crippen LogP contribution in [0.25, 0.3) is 0 Å². The van der Waals surface area contributed by atoms with Gasteiger partial charge in [0.2, 0.25) is 5.95 Å². The number of likely N-dealkylation sites (tertiary alicyclic amines) is 1. The maximum Gasteiger partial charge on any atom is 0.224 e. The number of anilines is 2. The Morgan fingerprint density at radius 1 is 1.21 bits per heavy atom. The molecule has 2 aromatic rings. The van der Waals surface area contributed by atoms with Gasteiger partial charge >= 0.3 is 0 Å². The number of hydrogen-bond acceptors (Lipinski definition) is 5. The molecule has 5 nitrogen and oxygen atoms in total. The second-order valence-corrected chi connectivity index (χ2v) is 6.51. The summed E-state index contributed by atoms with van der Waals surface area (Å²) in [6.07, 6.45) is 3.83. The lowest BCUT2D eigenvalue weighted by Crippen LogP contribution is -2.38. The summed E-state index contributed by atoms with van der Waals surface area (Å²) in [5, 5.41) is 7.17. The average molecular weight is 346 g/mol. The number of piperidine rings is 1. The monoisotopic (exact) mass is 345 g/mol. The number of rotatable bonds is 6. The van der Waals surface area contributed by atoms with Crippen molar-refractivity contribution in [1.82, 2.24) is 14.9 Å². The van der Waals surface area contributed by atoms with Gasteiger partial charge in [0.1, 0.15) is 5.02 Å². The average Bonchev–Trinajstić information content (AvgIpc) is 2.61. The fourth-order valence-corrected chi connectivity index (χ4v) is 3.13. The first kappa shape index (κ1) is 17.0. The smallest absolute Gasteiger partial charge is 0.224 e. The number of hydrogen-bond donors (Lipinski definition) is 2. The molecule has 128 valence electrons. The summed E-state index contributed by atoms with van der Waals surface area (Å²) >= 11 is 6.23. The Morgan fingerprint density at radius 3 is 2.67 bits per heavy atom. The molecule has 0 saturated carbocycles. The number of nitrogens with zero attached hydrogens (tertiary/aromatic N) is 3. The van der Waals surface area contributed by atoms with Crippen LogP contribution in [0.3, 0.4) is 0 Å². The first-order valence-electron chi connectivity index (χ1n) is 8.54. The van der Waals surface area contributed by atoms with Gasteiger partial charge in [-0.05, 0) is 25.3 Å². The summed E-state index contributed by atoms with van der Waals surface area (Å²) in [5.74, 6) is 1.34. The van der Waals surface area contributed by atoms with Crippen LogP contribution in [0.2, 0.25) is 5.02 Å². The molecule has 1 aliphatic heterocycles. The Bertz CT molecular complexity index is 641. The van der Waals surface area contributed by atoms with E-state index in [1.165, 1.54) is 5.56 Å². The first-order chi connectivity index (χ1) is 11.7. The highest BCUT2D eigenvalue weighted by Crippen LogP contribution is 2.23. The van der Waals surface area contributed by atoms with Crippen LogP contribution in [-0.2, 0) is 6.54 Å². The van der Waals surface area contributed by atoms with Crippen molar-refractivity contribution in [3.8, 4) is 0 Å². The molecule has 1 saturated heterocycles. The summed E-state index contributed by atoms with van der Waals surface area (Å²) in [6, 6.07) is 11.0. The molecule has 6 heteroatoms. The van der Waals surface area contributed by atoms with Gasteiger partial charge in [-0.1, -0.05) is 41.9 Å². The molecule has 0 atom stereocenters. The van der Waals surface area contributed by atoms with E-state index in [0.717, 1.165) is 44.8 Å². The molecule has 0 bridgehead atoms. The van der Waals surface area contributed by atoms with E-state index in [0.29, 0.717) is 17.0 Å². The Hall–Kier alpha value is -1.85. The predicted octanol–water partition coefficient (Wildman–Crippen LogP) is 3.64. The second-order valence-electron chi connectivity index (χ2n) is 6.10. The largest absolute Gasteiger partial charge is 0.366 e. The Labute approximate surface area is 148 Å². The highest BCUT2D eigenvalue weighted by atomic mass is 35.5. The van der Waals surface area contributed by atoms with Gasteiger partial charge in [0, 0.05) is 32.2 Å². The summed E-state index contributed by atoms with van der Waals surface area (Å²) < 4.78 is 0. The van der Waals surface area contributed by atoms with Gasteiger partial charge in [0.25, 0.3) is 0 Å². The summed E-state index contributed by atoms with van der Waals surface area (Å²) in [4.78, 5) is 11.1. The molecule has 2 heterocycles. The normalized spacial score (nSPS) is 16.1. The van der Waals surface area contributed by atoms with E-state index in [9.17, 15) is 0 Å². The van der Waals surface area contributed by atoms with Gasteiger partial charge in [-0.25, -0.2) is 4.98 Å². The SMILES string of the molecule is CCNc1ncc(Cl)c(NC2CCN(Cc3ccccc3)CC2)n1. The van der Waals surface area contributed by atoms with Crippen LogP contribution in [-0.4, -0.2) is 40.5 Å². The zero-order valence-electron chi connectivity index (χ0n) is 14.0. The Morgan fingerprint density at radius 2 is 1.96 bits per heavy atom. The molecule has 24 heavy (non-hydrogen) atoms. The topological polar surface area (TPSA) is 53.1 Å². The molecule has 2 N–H and O–H groups in total. The number of nitrogens with one attached hydrogen (secondary N) is 2. The van der Waals surface area contributed by atoms with Crippen molar-refractivity contribution >= 4 is 23.4 Å². The standard InChI is InChI=1S/C18H24ClN5/c1-2-20-18-21-12-16(19)17(23-18)22-15-8-10-24(11-9-15)13-14-6-4-3-5-7-14/h3-7,12,15H,2,8-11,13H2,1H3,(H2,20,21,22,23). The summed E-state index contributed by atoms with van der Waals surface area (Å²) in [7, 11) is 0. The highest BCUT2D eigenvalue weighted by Gasteiger charge is 2.20. The third kappa shape index (κ3) is 4.58. The summed E-state index contributed by atoms with van der Waals surface area (Å²) in [5.41, 5.74) is 1.37. The zero-order valence-corrected chi connectivity index (χ0v) is 14.8. The third-order valence-electron chi connectivity index (χ3n) is 4.26. The van der Waals surface area contributed by atoms with Crippen molar-refractivity contribution in [3.05, 3.63) is 47.1 Å². The van der Waals surface area contributed by atoms with Gasteiger partial charge in [-0.15, -0.1) is 0 Å². The molecule has 0 amide bonds. The van der Waals surface area contributed by atoms with Crippen LogP contribution in [0.1, 0.15) is 25.3 Å². The lowest BCUT2D eigenvalue weighted by Gasteiger charge is -2.32. The van der Waals surface area contributed by atoms with Crippen molar-refractivity contribution in [2.24, 2.45) is 0 Å². The minimum absolute atomic E-state index is 0.402. The van der Waals surface area contributed by atoms with E-state index in [1.54, 1.807) is 6.20 Å². The second kappa shape index (κ2) is 8.31. The van der Waals surface area contributed by atoms with Crippen molar-refractivity contribution in [3.63, 3.8) is 0 Å². The molecule has 0 spiro atoms. The number of aromatic nitrogens is 2. The van der Waals surface area contributed by atoms with Crippen molar-refractivity contribution < 1.29 is 0 Å². The van der Waals surface area contributed by atoms with Crippen LogP contribution in [0.5, 0.6) is 0 Å². The number of benzene rings is 1. The van der Waals surface area contributed by atoms with Crippen molar-refractivity contribution in [2.45, 2.75) is 32.4 Å². The van der Waals surface area contributed by atoms with Gasteiger partial charge in [-0.2, -0.15) is 4.98 Å². The van der Waals surface area contributed by atoms with Gasteiger partial charge < -0.3 is 10.6 Å². The molecule has 3 rings (SSSR count). The van der Waals surface area contributed by atoms with E-state index in [-0.39, 0.29) is 0 Å². The van der Waals surface area contributed by atoms with Crippen LogP contribution in [0.4, 0.5) is 11.8 Å². The quantitative estimate of drug-likeness (QED) is 0.837. The van der Waals surface area contributed by atoms with Crippen LogP contribution >= 0.6 is 11.6 Å². The molecule has 0 unspecified atom stereocenters. The van der Waals surface area contributed by atoms with E-state index in [2.05, 4.69) is 55.8 Å². The van der Waals surface area contributed by atoms with Crippen LogP contribution in [0, 0.1) is 0 Å². The fourth-order valence-electron chi connectivity index (χ4n) is 2.98. The van der Waals surface area contributed by atoms with E-state index >= 15 is 0 Å². The molecular weight excluding hydrogens is 322 g/mol. The van der Waals surface area contributed by atoms with E-state index in [4.69, 9.17) is 11.6 Å². The van der Waals surface area contributed by atoms with Gasteiger partial charge in [-0.3, -0.25) is 4.90 Å². The fraction of sp³-hybridized carbons (Fsp3) is 0.444. The molecule has 1 aromatic heterocycles. The summed E-state index contributed by atoms with van der Waals surface area (Å²) in [6.45, 7) is 5.99. The molecule has 1 fully saturated rings. The Balaban J connectivity index is 1.53. The maximum absolute atomic E-state index is 6.23. The molecular formula is C18H24ClN5. The first-order valence-corrected chi connectivity index (χ1v) is 8.91. The molecule has 0 radical (unpaired) electrons. The number of halogens is 1. The predicted molar refractivity (Wildman–Crippen MR) is 99.6 cm³/mol. The zero-order chi connectivity index (χ0) is 16.8. The minimum Gasteiger partial charge on any atom is -0.366 e. The lowest BCUT2D eigenvalue weighted by atomic mass is 10.0. The van der Waals surface area contributed by atoms with Crippen LogP contribution in [0.15, 0.2) is 36.5 Å². The molecule has 1 aliphatic rings. The van der Waals surface area contributed by atoms with E-state index in [1.807, 2.05) is 6.92 Å². The van der Waals surface area contributed by atoms with Gasteiger partial charge in [0.15, 0.2) is 5.82 Å². The third-order valence-corrected chi connectivity index (χ3v) is 4.53. The van der Waals surface area contributed by atoms with Gasteiger partial charge in [0.05, 0.1) is 6.20 Å². The highest BCUT2D eigenvalue weighted by molar-refractivity contribution is 6.32. The lowest BCUT2D eigenvalue weighted by molar-refractivity contribution is 0.211. The van der Waals surface area contributed by atoms with Crippen molar-refractivity contribution in [2.75, 3.05) is 30.3 Å². The minimum atomic E-state index is 0.402. The van der Waals surface area contributed by atoms with Crippen LogP contribution < -0.4 is 10.6 Å². The van der Waals surface area contributed by atoms with E-state index < -0.39 is 0 Å².